The summed E-state index contributed by atoms with van der Waals surface area (Å²) in [5.41, 5.74) is 5.53. The van der Waals surface area contributed by atoms with E-state index in [1.165, 1.54) is 12.1 Å². The summed E-state index contributed by atoms with van der Waals surface area (Å²) in [5.74, 6) is 0.0938. The first-order valence-electron chi connectivity index (χ1n) is 8.79. The Kier molecular flexibility index (Phi) is 8.06. The fourth-order valence-corrected chi connectivity index (χ4v) is 5.01. The number of rotatable bonds is 6. The molecule has 0 heterocycles. The third-order valence-corrected chi connectivity index (χ3v) is 5.98. The monoisotopic (exact) mass is 648 g/mol. The van der Waals surface area contributed by atoms with Crippen LogP contribution in [0.5, 0.6) is 5.75 Å². The zero-order valence-electron chi connectivity index (χ0n) is 15.8. The second-order valence-electron chi connectivity index (χ2n) is 6.41. The Morgan fingerprint density at radius 2 is 1.80 bits per heavy atom. The highest BCUT2D eigenvalue weighted by atomic mass is 127. The summed E-state index contributed by atoms with van der Waals surface area (Å²) >= 11 is 10.5. The second kappa shape index (κ2) is 10.5. The van der Waals surface area contributed by atoms with Crippen molar-refractivity contribution in [3.63, 3.8) is 0 Å². The summed E-state index contributed by atoms with van der Waals surface area (Å²) in [4.78, 5) is 12.2. The van der Waals surface area contributed by atoms with Gasteiger partial charge in [0, 0.05) is 0 Å². The van der Waals surface area contributed by atoms with Crippen molar-refractivity contribution < 1.29 is 13.9 Å². The first-order valence-corrected chi connectivity index (χ1v) is 11.3. The van der Waals surface area contributed by atoms with E-state index in [-0.39, 0.29) is 11.7 Å². The van der Waals surface area contributed by atoms with Gasteiger partial charge in [-0.2, -0.15) is 5.10 Å². The van der Waals surface area contributed by atoms with Crippen molar-refractivity contribution >= 4 is 68.9 Å². The number of amides is 1. The number of ether oxygens (including phenoxy) is 1. The molecule has 0 radical (unpaired) electrons. The van der Waals surface area contributed by atoms with Crippen LogP contribution in [0.25, 0.3) is 0 Å². The number of halogens is 4. The van der Waals surface area contributed by atoms with Gasteiger partial charge in [-0.15, -0.1) is 0 Å². The minimum atomic E-state index is -0.375. The molecule has 3 aromatic carbocycles. The second-order valence-corrected chi connectivity index (χ2v) is 9.14. The van der Waals surface area contributed by atoms with Crippen molar-refractivity contribution in [2.45, 2.75) is 13.5 Å². The van der Waals surface area contributed by atoms with E-state index in [1.54, 1.807) is 30.5 Å². The summed E-state index contributed by atoms with van der Waals surface area (Å²) in [7, 11) is 0. The maximum atomic E-state index is 13.0. The average Bonchev–Trinajstić information content (AvgIpc) is 2.68. The first kappa shape index (κ1) is 23.0. The Morgan fingerprint density at radius 1 is 1.13 bits per heavy atom. The molecule has 3 aromatic rings. The topological polar surface area (TPSA) is 50.7 Å². The number of carbonyl (C=O) groups excluding carboxylic acids is 1. The molecule has 0 saturated carbocycles. The molecule has 8 heteroatoms. The molecule has 30 heavy (non-hydrogen) atoms. The highest BCUT2D eigenvalue weighted by molar-refractivity contribution is 14.1. The summed E-state index contributed by atoms with van der Waals surface area (Å²) in [6, 6.07) is 15.2. The van der Waals surface area contributed by atoms with Crippen LogP contribution in [0, 0.1) is 19.9 Å². The lowest BCUT2D eigenvalue weighted by Crippen LogP contribution is -2.18. The maximum Gasteiger partial charge on any atom is 0.272 e. The number of carbonyl (C=O) groups is 1. The fraction of sp³-hybridized carbons (Fsp3) is 0.0909. The third-order valence-electron chi connectivity index (χ3n) is 4.07. The lowest BCUT2D eigenvalue weighted by atomic mass is 10.1. The van der Waals surface area contributed by atoms with Gasteiger partial charge in [-0.1, -0.05) is 29.8 Å². The van der Waals surface area contributed by atoms with Crippen LogP contribution in [0.3, 0.4) is 0 Å². The Morgan fingerprint density at radius 3 is 2.43 bits per heavy atom. The lowest BCUT2D eigenvalue weighted by molar-refractivity contribution is 0.0955. The average molecular weight is 649 g/mol. The first-order chi connectivity index (χ1) is 14.3. The Labute approximate surface area is 206 Å². The zero-order chi connectivity index (χ0) is 21.7. The van der Waals surface area contributed by atoms with Crippen LogP contribution in [-0.4, -0.2) is 12.1 Å². The van der Waals surface area contributed by atoms with Gasteiger partial charge in [0.2, 0.25) is 0 Å². The fourth-order valence-electron chi connectivity index (χ4n) is 2.56. The molecule has 0 aliphatic heterocycles. The molecule has 154 valence electrons. The number of hydrogen-bond acceptors (Lipinski definition) is 3. The van der Waals surface area contributed by atoms with Gasteiger partial charge in [0.05, 0.1) is 23.9 Å². The van der Waals surface area contributed by atoms with Crippen molar-refractivity contribution in [1.82, 2.24) is 5.43 Å². The zero-order valence-corrected chi connectivity index (χ0v) is 20.8. The lowest BCUT2D eigenvalue weighted by Gasteiger charge is -2.11. The van der Waals surface area contributed by atoms with E-state index < -0.39 is 0 Å². The van der Waals surface area contributed by atoms with Crippen LogP contribution >= 0.6 is 56.8 Å². The van der Waals surface area contributed by atoms with Gasteiger partial charge in [0.25, 0.3) is 5.91 Å². The quantitative estimate of drug-likeness (QED) is 0.193. The molecule has 0 aliphatic carbocycles. The third kappa shape index (κ3) is 6.14. The minimum absolute atomic E-state index is 0.275. The molecule has 1 N–H and O–H groups in total. The predicted molar refractivity (Wildman–Crippen MR) is 134 cm³/mol. The van der Waals surface area contributed by atoms with E-state index in [4.69, 9.17) is 16.3 Å². The molecule has 1 amide bonds. The van der Waals surface area contributed by atoms with Gasteiger partial charge >= 0.3 is 0 Å². The highest BCUT2D eigenvalue weighted by Gasteiger charge is 2.11. The summed E-state index contributed by atoms with van der Waals surface area (Å²) in [6.07, 6.45) is 1.56. The molecule has 0 unspecified atom stereocenters. The molecule has 0 atom stereocenters. The molecule has 3 rings (SSSR count). The van der Waals surface area contributed by atoms with Gasteiger partial charge in [0.1, 0.15) is 18.2 Å². The van der Waals surface area contributed by atoms with Gasteiger partial charge in [-0.3, -0.25) is 4.79 Å². The summed E-state index contributed by atoms with van der Waals surface area (Å²) in [6.45, 7) is 2.25. The number of benzene rings is 3. The molecule has 0 bridgehead atoms. The van der Waals surface area contributed by atoms with Crippen molar-refractivity contribution in [3.05, 3.63) is 94.8 Å². The van der Waals surface area contributed by atoms with Crippen LogP contribution in [0.4, 0.5) is 4.39 Å². The van der Waals surface area contributed by atoms with Crippen LogP contribution < -0.4 is 10.2 Å². The van der Waals surface area contributed by atoms with Gasteiger partial charge in [-0.25, -0.2) is 9.82 Å². The Balaban J connectivity index is 1.65. The molecule has 0 saturated heterocycles. The maximum absolute atomic E-state index is 13.0. The van der Waals surface area contributed by atoms with E-state index >= 15 is 0 Å². The summed E-state index contributed by atoms with van der Waals surface area (Å²) in [5, 5.41) is 4.41. The van der Waals surface area contributed by atoms with Crippen molar-refractivity contribution in [2.24, 2.45) is 5.10 Å². The van der Waals surface area contributed by atoms with E-state index in [2.05, 4.69) is 55.7 Å². The number of aryl methyl sites for hydroxylation is 1. The van der Waals surface area contributed by atoms with Crippen molar-refractivity contribution in [3.8, 4) is 5.75 Å². The molecular formula is C22H16ClFI2N2O2. The predicted octanol–water partition coefficient (Wildman–Crippen LogP) is 6.34. The van der Waals surface area contributed by atoms with Crippen LogP contribution in [0.1, 0.15) is 27.0 Å². The Hall–Kier alpha value is -1.72. The molecule has 0 spiro atoms. The van der Waals surface area contributed by atoms with Crippen molar-refractivity contribution in [1.29, 1.82) is 0 Å². The van der Waals surface area contributed by atoms with Crippen LogP contribution in [0.15, 0.2) is 59.7 Å². The standard InChI is InChI=1S/C22H16ClFI2N2O2/c1-13-2-7-17(18(23)8-13)22(29)28-27-11-15-9-19(25)21(20(26)10-15)30-12-14-3-5-16(24)6-4-14/h2-11H,12H2,1H3,(H,28,29)/b27-11-. The summed E-state index contributed by atoms with van der Waals surface area (Å²) < 4.78 is 20.7. The Bertz CT molecular complexity index is 1080. The SMILES string of the molecule is Cc1ccc(C(=O)N/N=C\c2cc(I)c(OCc3ccc(F)cc3)c(I)c2)c(Cl)c1. The molecule has 0 aliphatic rings. The van der Waals surface area contributed by atoms with E-state index in [0.29, 0.717) is 17.2 Å². The van der Waals surface area contributed by atoms with Gasteiger partial charge in [0.15, 0.2) is 0 Å². The normalized spacial score (nSPS) is 11.0. The van der Waals surface area contributed by atoms with Crippen LogP contribution in [-0.2, 0) is 6.61 Å². The van der Waals surface area contributed by atoms with Gasteiger partial charge in [-0.05, 0) is 105 Å². The molecular weight excluding hydrogens is 633 g/mol. The largest absolute Gasteiger partial charge is 0.487 e. The number of nitrogens with zero attached hydrogens (tertiary/aromatic N) is 1. The smallest absolute Gasteiger partial charge is 0.272 e. The molecule has 0 aromatic heterocycles. The molecule has 0 fully saturated rings. The highest BCUT2D eigenvalue weighted by Crippen LogP contribution is 2.29. The van der Waals surface area contributed by atoms with E-state index in [9.17, 15) is 9.18 Å². The number of hydrogen-bond donors (Lipinski definition) is 1. The number of hydrazone groups is 1. The number of nitrogens with one attached hydrogen (secondary N) is 1. The minimum Gasteiger partial charge on any atom is -0.487 e. The van der Waals surface area contributed by atoms with Crippen LogP contribution in [0.2, 0.25) is 5.02 Å². The van der Waals surface area contributed by atoms with E-state index in [1.807, 2.05) is 25.1 Å². The van der Waals surface area contributed by atoms with Gasteiger partial charge < -0.3 is 4.74 Å². The van der Waals surface area contributed by atoms with E-state index in [0.717, 1.165) is 29.6 Å². The molecule has 4 nitrogen and oxygen atoms in total. The van der Waals surface area contributed by atoms with Crippen molar-refractivity contribution in [2.75, 3.05) is 0 Å².